The van der Waals surface area contributed by atoms with Crippen LogP contribution in [0.3, 0.4) is 0 Å². The minimum Gasteiger partial charge on any atom is -0.461 e. The molecular weight excluding hydrogens is 250 g/mol. The predicted molar refractivity (Wildman–Crippen MR) is 78.6 cm³/mol. The van der Waals surface area contributed by atoms with Crippen molar-refractivity contribution in [3.8, 4) is 11.6 Å². The highest BCUT2D eigenvalue weighted by Crippen LogP contribution is 2.26. The van der Waals surface area contributed by atoms with Crippen molar-refractivity contribution in [3.63, 3.8) is 0 Å². The molecule has 1 saturated carbocycles. The van der Waals surface area contributed by atoms with Crippen LogP contribution in [0.4, 0.5) is 0 Å². The van der Waals surface area contributed by atoms with E-state index in [0.717, 1.165) is 29.7 Å². The normalized spacial score (nSPS) is 16.4. The van der Waals surface area contributed by atoms with Gasteiger partial charge in [-0.25, -0.2) is 9.97 Å². The Balaban J connectivity index is 1.83. The summed E-state index contributed by atoms with van der Waals surface area (Å²) in [5.41, 5.74) is 3.36. The van der Waals surface area contributed by atoms with Crippen molar-refractivity contribution >= 4 is 0 Å². The lowest BCUT2D eigenvalue weighted by atomic mass is 9.98. The molecule has 1 unspecified atom stereocenters. The van der Waals surface area contributed by atoms with E-state index < -0.39 is 0 Å². The Bertz CT molecular complexity index is 565. The zero-order valence-corrected chi connectivity index (χ0v) is 12.3. The summed E-state index contributed by atoms with van der Waals surface area (Å²) in [6, 6.07) is 4.49. The molecule has 0 saturated heterocycles. The van der Waals surface area contributed by atoms with Crippen molar-refractivity contribution in [2.75, 3.05) is 6.54 Å². The van der Waals surface area contributed by atoms with E-state index in [-0.39, 0.29) is 0 Å². The molecule has 1 N–H and O–H groups in total. The minimum absolute atomic E-state index is 0.432. The molecule has 0 aromatic carbocycles. The first-order valence-electron chi connectivity index (χ1n) is 7.27. The number of rotatable bonds is 5. The molecule has 0 amide bonds. The maximum Gasteiger partial charge on any atom is 0.196 e. The highest BCUT2D eigenvalue weighted by Gasteiger charge is 2.23. The number of nitrogens with zero attached hydrogens (tertiary/aromatic N) is 2. The van der Waals surface area contributed by atoms with Crippen LogP contribution in [0.5, 0.6) is 0 Å². The molecule has 0 bridgehead atoms. The number of furan rings is 1. The average Bonchev–Trinajstić information content (AvgIpc) is 3.07. The summed E-state index contributed by atoms with van der Waals surface area (Å²) in [6.45, 7) is 7.35. The quantitative estimate of drug-likeness (QED) is 0.907. The molecule has 3 rings (SSSR count). The third-order valence-corrected chi connectivity index (χ3v) is 3.85. The SMILES string of the molecule is Cc1nc(-c2ccco2)nc(C)c1C(C)CNC1CC1. The maximum atomic E-state index is 5.38. The van der Waals surface area contributed by atoms with E-state index >= 15 is 0 Å². The number of hydrogen-bond donors (Lipinski definition) is 1. The molecule has 2 heterocycles. The summed E-state index contributed by atoms with van der Waals surface area (Å²) >= 11 is 0. The Morgan fingerprint density at radius 3 is 2.55 bits per heavy atom. The first-order valence-corrected chi connectivity index (χ1v) is 7.27. The third-order valence-electron chi connectivity index (χ3n) is 3.85. The van der Waals surface area contributed by atoms with Gasteiger partial charge in [-0.1, -0.05) is 6.92 Å². The van der Waals surface area contributed by atoms with Gasteiger partial charge < -0.3 is 9.73 Å². The summed E-state index contributed by atoms with van der Waals surface area (Å²) < 4.78 is 5.38. The van der Waals surface area contributed by atoms with Gasteiger partial charge in [0.05, 0.1) is 6.26 Å². The number of aryl methyl sites for hydroxylation is 2. The molecule has 0 aliphatic heterocycles. The summed E-state index contributed by atoms with van der Waals surface area (Å²) in [5, 5.41) is 3.58. The van der Waals surface area contributed by atoms with Gasteiger partial charge in [-0.15, -0.1) is 0 Å². The largest absolute Gasteiger partial charge is 0.461 e. The highest BCUT2D eigenvalue weighted by atomic mass is 16.3. The van der Waals surface area contributed by atoms with Crippen molar-refractivity contribution in [3.05, 3.63) is 35.3 Å². The second-order valence-corrected chi connectivity index (χ2v) is 5.69. The molecule has 1 aliphatic carbocycles. The van der Waals surface area contributed by atoms with Crippen LogP contribution in [-0.4, -0.2) is 22.6 Å². The molecule has 1 fully saturated rings. The third kappa shape index (κ3) is 2.75. The average molecular weight is 271 g/mol. The summed E-state index contributed by atoms with van der Waals surface area (Å²) in [6.07, 6.45) is 4.29. The Labute approximate surface area is 119 Å². The van der Waals surface area contributed by atoms with Crippen LogP contribution in [0.1, 0.15) is 42.6 Å². The van der Waals surface area contributed by atoms with E-state index in [1.165, 1.54) is 18.4 Å². The van der Waals surface area contributed by atoms with Crippen LogP contribution in [0.15, 0.2) is 22.8 Å². The van der Waals surface area contributed by atoms with Gasteiger partial charge in [0.2, 0.25) is 0 Å². The lowest BCUT2D eigenvalue weighted by Gasteiger charge is -2.17. The Morgan fingerprint density at radius 1 is 1.30 bits per heavy atom. The van der Waals surface area contributed by atoms with Gasteiger partial charge in [0.1, 0.15) is 0 Å². The summed E-state index contributed by atoms with van der Waals surface area (Å²) in [5.74, 6) is 1.84. The van der Waals surface area contributed by atoms with Crippen molar-refractivity contribution < 1.29 is 4.42 Å². The molecule has 20 heavy (non-hydrogen) atoms. The van der Waals surface area contributed by atoms with Gasteiger partial charge in [-0.05, 0) is 50.3 Å². The fraction of sp³-hybridized carbons (Fsp3) is 0.500. The molecule has 4 nitrogen and oxygen atoms in total. The fourth-order valence-electron chi connectivity index (χ4n) is 2.69. The molecule has 1 atom stereocenters. The van der Waals surface area contributed by atoms with Crippen LogP contribution in [0.2, 0.25) is 0 Å². The lowest BCUT2D eigenvalue weighted by Crippen LogP contribution is -2.23. The van der Waals surface area contributed by atoms with Gasteiger partial charge in [0.25, 0.3) is 0 Å². The van der Waals surface area contributed by atoms with E-state index in [1.54, 1.807) is 6.26 Å². The zero-order chi connectivity index (χ0) is 14.1. The standard InChI is InChI=1S/C16H21N3O/c1-10(9-17-13-6-7-13)15-11(2)18-16(19-12(15)3)14-5-4-8-20-14/h4-5,8,10,13,17H,6-7,9H2,1-3H3. The first-order chi connectivity index (χ1) is 9.65. The van der Waals surface area contributed by atoms with E-state index in [4.69, 9.17) is 4.42 Å². The smallest absolute Gasteiger partial charge is 0.196 e. The molecule has 0 spiro atoms. The molecule has 4 heteroatoms. The Kier molecular flexibility index (Phi) is 3.57. The number of nitrogens with one attached hydrogen (secondary N) is 1. The van der Waals surface area contributed by atoms with Crippen LogP contribution in [-0.2, 0) is 0 Å². The van der Waals surface area contributed by atoms with E-state index in [0.29, 0.717) is 11.7 Å². The highest BCUT2D eigenvalue weighted by molar-refractivity contribution is 5.48. The van der Waals surface area contributed by atoms with Gasteiger partial charge >= 0.3 is 0 Å². The first kappa shape index (κ1) is 13.3. The maximum absolute atomic E-state index is 5.38. The van der Waals surface area contributed by atoms with Gasteiger partial charge in [-0.2, -0.15) is 0 Å². The van der Waals surface area contributed by atoms with Crippen molar-refractivity contribution in [1.82, 2.24) is 15.3 Å². The fourth-order valence-corrected chi connectivity index (χ4v) is 2.69. The van der Waals surface area contributed by atoms with Crippen molar-refractivity contribution in [2.24, 2.45) is 0 Å². The summed E-state index contributed by atoms with van der Waals surface area (Å²) in [7, 11) is 0. The van der Waals surface area contributed by atoms with Crippen molar-refractivity contribution in [1.29, 1.82) is 0 Å². The van der Waals surface area contributed by atoms with Gasteiger partial charge in [0.15, 0.2) is 11.6 Å². The van der Waals surface area contributed by atoms with E-state index in [2.05, 4.69) is 36.1 Å². The topological polar surface area (TPSA) is 51.0 Å². The van der Waals surface area contributed by atoms with Crippen LogP contribution < -0.4 is 5.32 Å². The minimum atomic E-state index is 0.432. The molecule has 0 radical (unpaired) electrons. The molecule has 1 aliphatic rings. The number of hydrogen-bond acceptors (Lipinski definition) is 4. The van der Waals surface area contributed by atoms with E-state index in [9.17, 15) is 0 Å². The number of aromatic nitrogens is 2. The molecular formula is C16H21N3O. The van der Waals surface area contributed by atoms with Gasteiger partial charge in [0, 0.05) is 24.0 Å². The Morgan fingerprint density at radius 2 is 2.00 bits per heavy atom. The molecule has 2 aromatic rings. The summed E-state index contributed by atoms with van der Waals surface area (Å²) in [4.78, 5) is 9.22. The predicted octanol–water partition coefficient (Wildman–Crippen LogP) is 3.21. The van der Waals surface area contributed by atoms with Gasteiger partial charge in [-0.3, -0.25) is 0 Å². The van der Waals surface area contributed by atoms with Crippen LogP contribution >= 0.6 is 0 Å². The second-order valence-electron chi connectivity index (χ2n) is 5.69. The zero-order valence-electron chi connectivity index (χ0n) is 12.3. The molecule has 2 aromatic heterocycles. The lowest BCUT2D eigenvalue weighted by molar-refractivity contribution is 0.574. The second kappa shape index (κ2) is 5.37. The molecule has 106 valence electrons. The van der Waals surface area contributed by atoms with E-state index in [1.807, 2.05) is 12.1 Å². The Hall–Kier alpha value is -1.68. The van der Waals surface area contributed by atoms with Crippen LogP contribution in [0, 0.1) is 13.8 Å². The van der Waals surface area contributed by atoms with Crippen LogP contribution in [0.25, 0.3) is 11.6 Å². The van der Waals surface area contributed by atoms with Crippen molar-refractivity contribution in [2.45, 2.75) is 45.6 Å². The monoisotopic (exact) mass is 271 g/mol.